The Labute approximate surface area is 150 Å². The van der Waals surface area contributed by atoms with Gasteiger partial charge in [0.25, 0.3) is 0 Å². The van der Waals surface area contributed by atoms with Crippen molar-refractivity contribution in [2.75, 3.05) is 20.8 Å². The third kappa shape index (κ3) is 5.24. The summed E-state index contributed by atoms with van der Waals surface area (Å²) in [5, 5.41) is 3.06. The fourth-order valence-electron chi connectivity index (χ4n) is 2.74. The summed E-state index contributed by atoms with van der Waals surface area (Å²) in [5.41, 5.74) is 2.35. The van der Waals surface area contributed by atoms with Crippen molar-refractivity contribution < 1.29 is 14.3 Å². The van der Waals surface area contributed by atoms with Crippen molar-refractivity contribution in [2.24, 2.45) is 5.92 Å². The smallest absolute Gasteiger partial charge is 0.222 e. The van der Waals surface area contributed by atoms with E-state index in [1.807, 2.05) is 50.2 Å². The molecule has 4 heteroatoms. The highest BCUT2D eigenvalue weighted by atomic mass is 16.5. The highest BCUT2D eigenvalue weighted by Gasteiger charge is 2.17. The number of carbonyl (C=O) groups is 1. The number of benzene rings is 2. The largest absolute Gasteiger partial charge is 0.493 e. The minimum absolute atomic E-state index is 0.0252. The summed E-state index contributed by atoms with van der Waals surface area (Å²) in [6, 6.07) is 16.2. The van der Waals surface area contributed by atoms with E-state index in [1.165, 1.54) is 5.56 Å². The Bertz CT molecular complexity index is 683. The molecular weight excluding hydrogens is 314 g/mol. The van der Waals surface area contributed by atoms with Gasteiger partial charge in [-0.25, -0.2) is 0 Å². The molecule has 1 amide bonds. The van der Waals surface area contributed by atoms with Gasteiger partial charge in [-0.2, -0.15) is 0 Å². The molecule has 0 aromatic heterocycles. The Morgan fingerprint density at radius 2 is 1.68 bits per heavy atom. The van der Waals surface area contributed by atoms with Crippen molar-refractivity contribution in [3.05, 3.63) is 59.7 Å². The average molecular weight is 341 g/mol. The summed E-state index contributed by atoms with van der Waals surface area (Å²) < 4.78 is 10.8. The molecule has 0 heterocycles. The molecule has 2 aromatic rings. The standard InChI is InChI=1S/C21H27NO3/c1-15(2)21(23)22-14-18(12-16-8-6-5-7-9-16)17-10-11-19(24-3)20(13-17)25-4/h5-11,13,15,18H,12,14H2,1-4H3,(H,22,23). The molecule has 25 heavy (non-hydrogen) atoms. The van der Waals surface area contributed by atoms with Gasteiger partial charge in [0.2, 0.25) is 5.91 Å². The van der Waals surface area contributed by atoms with Gasteiger partial charge in [-0.3, -0.25) is 4.79 Å². The molecule has 2 aromatic carbocycles. The van der Waals surface area contributed by atoms with Gasteiger partial charge in [0, 0.05) is 18.4 Å². The summed E-state index contributed by atoms with van der Waals surface area (Å²) in [6.07, 6.45) is 0.842. The first-order valence-electron chi connectivity index (χ1n) is 8.58. The molecule has 1 atom stereocenters. The van der Waals surface area contributed by atoms with Gasteiger partial charge in [-0.05, 0) is 29.7 Å². The van der Waals surface area contributed by atoms with Crippen LogP contribution in [-0.2, 0) is 11.2 Å². The maximum Gasteiger partial charge on any atom is 0.222 e. The first kappa shape index (κ1) is 18.8. The van der Waals surface area contributed by atoms with Gasteiger partial charge in [0.05, 0.1) is 14.2 Å². The number of hydrogen-bond acceptors (Lipinski definition) is 3. The van der Waals surface area contributed by atoms with Gasteiger partial charge in [-0.15, -0.1) is 0 Å². The van der Waals surface area contributed by atoms with Crippen LogP contribution in [0.5, 0.6) is 11.5 Å². The monoisotopic (exact) mass is 341 g/mol. The summed E-state index contributed by atoms with van der Waals surface area (Å²) in [7, 11) is 3.26. The van der Waals surface area contributed by atoms with E-state index in [0.29, 0.717) is 18.0 Å². The SMILES string of the molecule is COc1ccc(C(CNC(=O)C(C)C)Cc2ccccc2)cc1OC. The molecule has 0 aliphatic heterocycles. The normalized spacial score (nSPS) is 11.9. The molecule has 0 aliphatic carbocycles. The molecule has 0 saturated heterocycles. The van der Waals surface area contributed by atoms with Crippen LogP contribution in [0.4, 0.5) is 0 Å². The summed E-state index contributed by atoms with van der Waals surface area (Å²) >= 11 is 0. The zero-order chi connectivity index (χ0) is 18.2. The maximum absolute atomic E-state index is 12.0. The molecule has 0 radical (unpaired) electrons. The maximum atomic E-state index is 12.0. The lowest BCUT2D eigenvalue weighted by atomic mass is 9.91. The number of methoxy groups -OCH3 is 2. The molecule has 0 saturated carbocycles. The third-order valence-corrected chi connectivity index (χ3v) is 4.25. The fourth-order valence-corrected chi connectivity index (χ4v) is 2.74. The van der Waals surface area contributed by atoms with Crippen LogP contribution in [0.15, 0.2) is 48.5 Å². The Kier molecular flexibility index (Phi) is 6.87. The van der Waals surface area contributed by atoms with Gasteiger partial charge in [-0.1, -0.05) is 50.2 Å². The van der Waals surface area contributed by atoms with Crippen LogP contribution >= 0.6 is 0 Å². The van der Waals surface area contributed by atoms with Crippen molar-refractivity contribution in [3.63, 3.8) is 0 Å². The van der Waals surface area contributed by atoms with Gasteiger partial charge >= 0.3 is 0 Å². The number of hydrogen-bond donors (Lipinski definition) is 1. The Balaban J connectivity index is 2.25. The number of rotatable bonds is 8. The van der Waals surface area contributed by atoms with Crippen LogP contribution in [0.3, 0.4) is 0 Å². The Hall–Kier alpha value is -2.49. The molecule has 1 unspecified atom stereocenters. The topological polar surface area (TPSA) is 47.6 Å². The van der Waals surface area contributed by atoms with E-state index in [2.05, 4.69) is 17.4 Å². The van der Waals surface area contributed by atoms with Crippen molar-refractivity contribution in [1.29, 1.82) is 0 Å². The van der Waals surface area contributed by atoms with Gasteiger partial charge in [0.15, 0.2) is 11.5 Å². The van der Waals surface area contributed by atoms with E-state index in [0.717, 1.165) is 12.0 Å². The van der Waals surface area contributed by atoms with Crippen molar-refractivity contribution in [1.82, 2.24) is 5.32 Å². The molecule has 4 nitrogen and oxygen atoms in total. The van der Waals surface area contributed by atoms with Crippen LogP contribution in [0, 0.1) is 5.92 Å². The van der Waals surface area contributed by atoms with E-state index in [-0.39, 0.29) is 17.7 Å². The van der Waals surface area contributed by atoms with E-state index >= 15 is 0 Å². The second-order valence-electron chi connectivity index (χ2n) is 6.40. The van der Waals surface area contributed by atoms with Crippen LogP contribution in [-0.4, -0.2) is 26.7 Å². The fraction of sp³-hybridized carbons (Fsp3) is 0.381. The first-order chi connectivity index (χ1) is 12.0. The lowest BCUT2D eigenvalue weighted by Crippen LogP contribution is -2.32. The number of carbonyl (C=O) groups excluding carboxylic acids is 1. The Morgan fingerprint density at radius 1 is 1.00 bits per heavy atom. The van der Waals surface area contributed by atoms with Crippen molar-refractivity contribution in [3.8, 4) is 11.5 Å². The predicted octanol–water partition coefficient (Wildman–Crippen LogP) is 3.80. The highest BCUT2D eigenvalue weighted by Crippen LogP contribution is 2.31. The van der Waals surface area contributed by atoms with E-state index in [9.17, 15) is 4.79 Å². The summed E-state index contributed by atoms with van der Waals surface area (Å²) in [4.78, 5) is 12.0. The van der Waals surface area contributed by atoms with E-state index < -0.39 is 0 Å². The quantitative estimate of drug-likeness (QED) is 0.794. The molecule has 0 aliphatic rings. The van der Waals surface area contributed by atoms with E-state index in [1.54, 1.807) is 14.2 Å². The molecule has 2 rings (SSSR count). The zero-order valence-corrected chi connectivity index (χ0v) is 15.4. The second kappa shape index (κ2) is 9.11. The molecule has 0 spiro atoms. The lowest BCUT2D eigenvalue weighted by molar-refractivity contribution is -0.124. The molecule has 0 bridgehead atoms. The second-order valence-corrected chi connectivity index (χ2v) is 6.40. The van der Waals surface area contributed by atoms with Crippen LogP contribution in [0.25, 0.3) is 0 Å². The van der Waals surface area contributed by atoms with Crippen molar-refractivity contribution >= 4 is 5.91 Å². The summed E-state index contributed by atoms with van der Waals surface area (Å²) in [5.74, 6) is 1.61. The Morgan fingerprint density at radius 3 is 2.28 bits per heavy atom. The minimum Gasteiger partial charge on any atom is -0.493 e. The van der Waals surface area contributed by atoms with Crippen LogP contribution in [0.1, 0.15) is 30.9 Å². The third-order valence-electron chi connectivity index (χ3n) is 4.25. The van der Waals surface area contributed by atoms with Gasteiger partial charge in [0.1, 0.15) is 0 Å². The van der Waals surface area contributed by atoms with Crippen LogP contribution < -0.4 is 14.8 Å². The minimum atomic E-state index is -0.0252. The number of nitrogens with one attached hydrogen (secondary N) is 1. The van der Waals surface area contributed by atoms with Crippen molar-refractivity contribution in [2.45, 2.75) is 26.2 Å². The summed E-state index contributed by atoms with van der Waals surface area (Å²) in [6.45, 7) is 4.39. The van der Waals surface area contributed by atoms with Crippen LogP contribution in [0.2, 0.25) is 0 Å². The molecule has 0 fully saturated rings. The lowest BCUT2D eigenvalue weighted by Gasteiger charge is -2.20. The zero-order valence-electron chi connectivity index (χ0n) is 15.4. The average Bonchev–Trinajstić information content (AvgIpc) is 2.64. The highest BCUT2D eigenvalue weighted by molar-refractivity contribution is 5.77. The van der Waals surface area contributed by atoms with E-state index in [4.69, 9.17) is 9.47 Å². The number of amides is 1. The van der Waals surface area contributed by atoms with Gasteiger partial charge < -0.3 is 14.8 Å². The number of ether oxygens (including phenoxy) is 2. The first-order valence-corrected chi connectivity index (χ1v) is 8.58. The molecule has 1 N–H and O–H groups in total. The predicted molar refractivity (Wildman–Crippen MR) is 100 cm³/mol. The molecular formula is C21H27NO3. The molecule has 134 valence electrons.